The topological polar surface area (TPSA) is 43.7 Å². The van der Waals surface area contributed by atoms with Crippen molar-refractivity contribution in [2.24, 2.45) is 17.8 Å². The third kappa shape index (κ3) is 2.18. The molecule has 3 heteroatoms. The predicted molar refractivity (Wildman–Crippen MR) is 77.5 cm³/mol. The highest BCUT2D eigenvalue weighted by molar-refractivity contribution is 5.38. The lowest BCUT2D eigenvalue weighted by atomic mass is 9.68. The second-order valence-corrected chi connectivity index (χ2v) is 7.17. The van der Waals surface area contributed by atoms with E-state index in [0.29, 0.717) is 6.04 Å². The van der Waals surface area contributed by atoms with Crippen molar-refractivity contribution < 1.29 is 10.2 Å². The van der Waals surface area contributed by atoms with Crippen LogP contribution in [0.5, 0.6) is 11.5 Å². The smallest absolute Gasteiger partial charge is 0.123 e. The number of phenols is 2. The SMILES string of the molecule is Oc1ccc(CN2CC3CC4CC(C3)CC2C4)c(O)c1. The zero-order chi connectivity index (χ0) is 13.7. The first-order valence-electron chi connectivity index (χ1n) is 7.92. The van der Waals surface area contributed by atoms with Gasteiger partial charge in [-0.2, -0.15) is 0 Å². The van der Waals surface area contributed by atoms with Crippen molar-refractivity contribution in [2.75, 3.05) is 6.54 Å². The molecule has 5 rings (SSSR count). The minimum Gasteiger partial charge on any atom is -0.508 e. The van der Waals surface area contributed by atoms with Crippen LogP contribution in [0, 0.1) is 17.8 Å². The summed E-state index contributed by atoms with van der Waals surface area (Å²) >= 11 is 0. The van der Waals surface area contributed by atoms with E-state index in [2.05, 4.69) is 4.90 Å². The van der Waals surface area contributed by atoms with Crippen LogP contribution in [-0.2, 0) is 6.54 Å². The van der Waals surface area contributed by atoms with Crippen molar-refractivity contribution >= 4 is 0 Å². The first-order valence-corrected chi connectivity index (χ1v) is 7.92. The standard InChI is InChI=1S/C17H23NO2/c19-16-2-1-14(17(20)8-16)10-18-9-13-4-11-3-12(5-13)7-15(18)6-11/h1-2,8,11-13,15,19-20H,3-7,9-10H2. The van der Waals surface area contributed by atoms with E-state index in [1.807, 2.05) is 6.07 Å². The molecule has 1 aromatic rings. The lowest BCUT2D eigenvalue weighted by Gasteiger charge is -2.39. The van der Waals surface area contributed by atoms with Gasteiger partial charge >= 0.3 is 0 Å². The molecule has 2 saturated heterocycles. The third-order valence-electron chi connectivity index (χ3n) is 5.66. The molecule has 2 aliphatic carbocycles. The fourth-order valence-electron chi connectivity index (χ4n) is 4.98. The average molecular weight is 273 g/mol. The third-order valence-corrected chi connectivity index (χ3v) is 5.66. The van der Waals surface area contributed by atoms with Crippen molar-refractivity contribution in [2.45, 2.75) is 44.7 Å². The van der Waals surface area contributed by atoms with Gasteiger partial charge < -0.3 is 10.2 Å². The first-order chi connectivity index (χ1) is 9.67. The van der Waals surface area contributed by atoms with E-state index in [1.54, 1.807) is 6.07 Å². The molecule has 2 aliphatic heterocycles. The molecule has 2 N–H and O–H groups in total. The quantitative estimate of drug-likeness (QED) is 0.870. The van der Waals surface area contributed by atoms with E-state index in [9.17, 15) is 10.2 Å². The van der Waals surface area contributed by atoms with E-state index in [0.717, 1.165) is 29.9 Å². The second-order valence-electron chi connectivity index (χ2n) is 7.17. The van der Waals surface area contributed by atoms with E-state index in [-0.39, 0.29) is 11.5 Å². The summed E-state index contributed by atoms with van der Waals surface area (Å²) in [6, 6.07) is 5.70. The number of fused-ring (bicyclic) bond motifs is 1. The molecule has 4 fully saturated rings. The highest BCUT2D eigenvalue weighted by Gasteiger charge is 2.42. The van der Waals surface area contributed by atoms with Crippen LogP contribution >= 0.6 is 0 Å². The maximum Gasteiger partial charge on any atom is 0.123 e. The van der Waals surface area contributed by atoms with Crippen LogP contribution in [0.4, 0.5) is 0 Å². The molecule has 1 aromatic carbocycles. The maximum absolute atomic E-state index is 10.0. The van der Waals surface area contributed by atoms with Gasteiger partial charge in [0.25, 0.3) is 0 Å². The van der Waals surface area contributed by atoms with Gasteiger partial charge in [-0.1, -0.05) is 6.07 Å². The molecule has 2 atom stereocenters. The second kappa shape index (κ2) is 4.66. The molecule has 20 heavy (non-hydrogen) atoms. The van der Waals surface area contributed by atoms with Gasteiger partial charge in [-0.3, -0.25) is 4.90 Å². The lowest BCUT2D eigenvalue weighted by Crippen LogP contribution is -2.37. The summed E-state index contributed by atoms with van der Waals surface area (Å²) in [6.07, 6.45) is 7.01. The van der Waals surface area contributed by atoms with E-state index in [1.165, 1.54) is 44.7 Å². The molecule has 4 bridgehead atoms. The van der Waals surface area contributed by atoms with Gasteiger partial charge in [0.2, 0.25) is 0 Å². The fourth-order valence-corrected chi connectivity index (χ4v) is 4.98. The van der Waals surface area contributed by atoms with Crippen LogP contribution in [0.15, 0.2) is 18.2 Å². The van der Waals surface area contributed by atoms with Gasteiger partial charge in [0.1, 0.15) is 11.5 Å². The molecule has 3 nitrogen and oxygen atoms in total. The lowest BCUT2D eigenvalue weighted by molar-refractivity contribution is 0.122. The van der Waals surface area contributed by atoms with Crippen molar-refractivity contribution in [1.82, 2.24) is 4.90 Å². The predicted octanol–water partition coefficient (Wildman–Crippen LogP) is 3.11. The van der Waals surface area contributed by atoms with Gasteiger partial charge in [-0.15, -0.1) is 0 Å². The van der Waals surface area contributed by atoms with Gasteiger partial charge in [-0.05, 0) is 55.9 Å². The van der Waals surface area contributed by atoms with Gasteiger partial charge in [-0.25, -0.2) is 0 Å². The van der Waals surface area contributed by atoms with E-state index >= 15 is 0 Å². The Labute approximate surface area is 120 Å². The largest absolute Gasteiger partial charge is 0.508 e. The number of hydrogen-bond acceptors (Lipinski definition) is 3. The summed E-state index contributed by atoms with van der Waals surface area (Å²) in [5.74, 6) is 3.15. The Kier molecular flexibility index (Phi) is 2.92. The van der Waals surface area contributed by atoms with Crippen LogP contribution in [0.2, 0.25) is 0 Å². The molecular formula is C17H23NO2. The molecule has 108 valence electrons. The zero-order valence-electron chi connectivity index (χ0n) is 11.8. The van der Waals surface area contributed by atoms with Crippen molar-refractivity contribution in [3.8, 4) is 11.5 Å². The van der Waals surface area contributed by atoms with Crippen LogP contribution in [0.25, 0.3) is 0 Å². The Morgan fingerprint density at radius 2 is 1.65 bits per heavy atom. The molecule has 0 aromatic heterocycles. The highest BCUT2D eigenvalue weighted by atomic mass is 16.3. The summed E-state index contributed by atoms with van der Waals surface area (Å²) in [7, 11) is 0. The number of hydrogen-bond donors (Lipinski definition) is 2. The fraction of sp³-hybridized carbons (Fsp3) is 0.647. The molecular weight excluding hydrogens is 250 g/mol. The number of phenolic OH excluding ortho intramolecular Hbond substituents is 2. The van der Waals surface area contributed by atoms with Gasteiger partial charge in [0, 0.05) is 30.8 Å². The summed E-state index contributed by atoms with van der Waals surface area (Å²) in [4.78, 5) is 2.59. The number of rotatable bonds is 2. The average Bonchev–Trinajstić information content (AvgIpc) is 2.57. The highest BCUT2D eigenvalue weighted by Crippen LogP contribution is 2.47. The van der Waals surface area contributed by atoms with Gasteiger partial charge in [0.05, 0.1) is 0 Å². The molecule has 4 aliphatic rings. The van der Waals surface area contributed by atoms with Crippen LogP contribution in [0.3, 0.4) is 0 Å². The molecule has 2 saturated carbocycles. The number of aromatic hydroxyl groups is 2. The molecule has 2 unspecified atom stereocenters. The van der Waals surface area contributed by atoms with Crippen LogP contribution in [0.1, 0.15) is 37.7 Å². The minimum atomic E-state index is 0.141. The van der Waals surface area contributed by atoms with Crippen molar-refractivity contribution in [3.63, 3.8) is 0 Å². The minimum absolute atomic E-state index is 0.141. The zero-order valence-corrected chi connectivity index (χ0v) is 11.8. The molecule has 0 amide bonds. The normalized spacial score (nSPS) is 36.2. The number of benzene rings is 1. The molecule has 2 heterocycles. The van der Waals surface area contributed by atoms with Crippen molar-refractivity contribution in [1.29, 1.82) is 0 Å². The summed E-state index contributed by atoms with van der Waals surface area (Å²) in [6.45, 7) is 2.02. The summed E-state index contributed by atoms with van der Waals surface area (Å²) < 4.78 is 0. The summed E-state index contributed by atoms with van der Waals surface area (Å²) in [5.41, 5.74) is 0.948. The first kappa shape index (κ1) is 12.5. The molecule has 0 spiro atoms. The Bertz CT molecular complexity index is 502. The number of nitrogens with zero attached hydrogens (tertiary/aromatic N) is 1. The van der Waals surface area contributed by atoms with E-state index in [4.69, 9.17) is 0 Å². The van der Waals surface area contributed by atoms with Gasteiger partial charge in [0.15, 0.2) is 0 Å². The molecule has 0 radical (unpaired) electrons. The van der Waals surface area contributed by atoms with E-state index < -0.39 is 0 Å². The van der Waals surface area contributed by atoms with Crippen LogP contribution < -0.4 is 0 Å². The Morgan fingerprint density at radius 1 is 0.950 bits per heavy atom. The summed E-state index contributed by atoms with van der Waals surface area (Å²) in [5, 5.41) is 19.4. The van der Waals surface area contributed by atoms with Crippen LogP contribution in [-0.4, -0.2) is 27.7 Å². The monoisotopic (exact) mass is 273 g/mol. The Morgan fingerprint density at radius 3 is 2.35 bits per heavy atom. The van der Waals surface area contributed by atoms with Crippen molar-refractivity contribution in [3.05, 3.63) is 23.8 Å². The Hall–Kier alpha value is -1.22. The maximum atomic E-state index is 10.0. The Balaban J connectivity index is 1.56.